The maximum atomic E-state index is 2.76. The molecule has 0 radical (unpaired) electrons. The van der Waals surface area contributed by atoms with Gasteiger partial charge in [-0.3, -0.25) is 0 Å². The Balaban J connectivity index is 1.45. The summed E-state index contributed by atoms with van der Waals surface area (Å²) >= 11 is 0. The molecule has 0 saturated heterocycles. The first kappa shape index (κ1) is 28.8. The molecule has 0 saturated carbocycles. The largest absolute Gasteiger partial charge is 0.295 e. The third-order valence-corrected chi connectivity index (χ3v) is 11.3. The second-order valence-electron chi connectivity index (χ2n) is 13.4. The van der Waals surface area contributed by atoms with Crippen LogP contribution >= 0.6 is 0 Å². The molecule has 3 aromatic heterocycles. The number of hydrogen-bond donors (Lipinski definition) is 0. The zero-order chi connectivity index (χ0) is 30.6. The van der Waals surface area contributed by atoms with Gasteiger partial charge in [-0.15, -0.1) is 0 Å². The van der Waals surface area contributed by atoms with Crippen LogP contribution in [-0.2, 0) is 30.8 Å². The van der Waals surface area contributed by atoms with Crippen molar-refractivity contribution in [1.82, 2.24) is 4.40 Å². The predicted molar refractivity (Wildman–Crippen MR) is 183 cm³/mol. The fraction of sp³-hybridized carbons (Fsp3) is 0.366. The molecule has 6 aromatic rings. The lowest BCUT2D eigenvalue weighted by Gasteiger charge is -2.49. The first-order valence-electron chi connectivity index (χ1n) is 16.8. The molecule has 3 aromatic carbocycles. The van der Waals surface area contributed by atoms with Crippen LogP contribution in [0.4, 0.5) is 0 Å². The summed E-state index contributed by atoms with van der Waals surface area (Å²) in [6, 6.07) is 30.2. The van der Waals surface area contributed by atoms with Crippen LogP contribution in [0.5, 0.6) is 0 Å². The van der Waals surface area contributed by atoms with E-state index in [1.165, 1.54) is 73.8 Å². The molecule has 3 heteroatoms. The molecule has 0 bridgehead atoms. The van der Waals surface area contributed by atoms with Crippen molar-refractivity contribution >= 4 is 27.5 Å². The molecule has 44 heavy (non-hydrogen) atoms. The molecular weight excluding hydrogens is 534 g/mol. The number of fused-ring (bicyclic) bond motifs is 3. The van der Waals surface area contributed by atoms with Crippen LogP contribution in [0.25, 0.3) is 38.7 Å². The number of aryl methyl sites for hydroxylation is 4. The predicted octanol–water partition coefficient (Wildman–Crippen LogP) is 9.10. The molecule has 7 rings (SSSR count). The lowest BCUT2D eigenvalue weighted by Crippen LogP contribution is -2.67. The summed E-state index contributed by atoms with van der Waals surface area (Å²) in [6.07, 6.45) is 12.4. The van der Waals surface area contributed by atoms with E-state index in [0.717, 1.165) is 32.1 Å². The lowest BCUT2D eigenvalue weighted by atomic mass is 9.58. The molecule has 0 N–H and O–H groups in total. The van der Waals surface area contributed by atoms with Crippen LogP contribution in [-0.4, -0.2) is 4.40 Å². The molecule has 2 atom stereocenters. The van der Waals surface area contributed by atoms with Crippen LogP contribution in [0.2, 0.25) is 0 Å². The molecule has 1 aliphatic heterocycles. The average Bonchev–Trinajstić information content (AvgIpc) is 3.39. The number of imidazole rings is 1. The van der Waals surface area contributed by atoms with Crippen LogP contribution in [0.15, 0.2) is 91.3 Å². The number of pyridine rings is 2. The van der Waals surface area contributed by atoms with E-state index in [9.17, 15) is 0 Å². The van der Waals surface area contributed by atoms with Crippen molar-refractivity contribution in [2.45, 2.75) is 90.5 Å². The minimum atomic E-state index is -0.0927. The number of aromatic nitrogens is 3. The maximum absolute atomic E-state index is 2.76. The molecule has 3 nitrogen and oxygen atoms in total. The minimum Gasteiger partial charge on any atom is -0.216 e. The molecule has 2 unspecified atom stereocenters. The van der Waals surface area contributed by atoms with Crippen molar-refractivity contribution in [3.05, 3.63) is 114 Å². The summed E-state index contributed by atoms with van der Waals surface area (Å²) in [6.45, 7) is 11.9. The molecule has 224 valence electrons. The molecule has 0 fully saturated rings. The smallest absolute Gasteiger partial charge is 0.216 e. The highest BCUT2D eigenvalue weighted by atomic mass is 15.2. The fourth-order valence-corrected chi connectivity index (χ4v) is 8.84. The van der Waals surface area contributed by atoms with Crippen molar-refractivity contribution in [2.24, 2.45) is 7.05 Å². The highest BCUT2D eigenvalue weighted by Crippen LogP contribution is 2.52. The van der Waals surface area contributed by atoms with Gasteiger partial charge in [0.15, 0.2) is 17.2 Å². The summed E-state index contributed by atoms with van der Waals surface area (Å²) in [7, 11) is 2.17. The molecular formula is C41H47N3+2. The zero-order valence-electron chi connectivity index (χ0n) is 27.5. The van der Waals surface area contributed by atoms with E-state index in [0.29, 0.717) is 0 Å². The maximum Gasteiger partial charge on any atom is 0.295 e. The summed E-state index contributed by atoms with van der Waals surface area (Å²) in [4.78, 5) is 0. The standard InChI is InChI=1S/C41H47N3/c1-7-10-16-30-21-22-35-36(28-30)43-27-24-32-18-13-20-34-37(32)39(43)44(35)40(5,8-2)41(34,9-3)25-23-31-17-11-12-19-33(31)38-29(4)15-14-26-42(38)6/h11-15,17-22,24,26-28H,7-10,16,23,25H2,1-6H3/q+2. The SMILES string of the molecule is CCCCc1ccc2c(c1)n1ccc3cccc4c3c1[n+]2C(C)(CC)C4(CC)CCc1ccccc1-c1c(C)ccc[n+]1C. The van der Waals surface area contributed by atoms with E-state index in [1.54, 1.807) is 0 Å². The quantitative estimate of drug-likeness (QED) is 0.151. The van der Waals surface area contributed by atoms with Crippen LogP contribution in [0.3, 0.4) is 0 Å². The Morgan fingerprint density at radius 1 is 0.841 bits per heavy atom. The van der Waals surface area contributed by atoms with Crippen molar-refractivity contribution in [3.8, 4) is 11.3 Å². The minimum absolute atomic E-state index is 0.0308. The van der Waals surface area contributed by atoms with Gasteiger partial charge >= 0.3 is 0 Å². The highest BCUT2D eigenvalue weighted by Gasteiger charge is 2.56. The summed E-state index contributed by atoms with van der Waals surface area (Å²) < 4.78 is 7.54. The number of unbranched alkanes of at least 4 members (excludes halogenated alkanes) is 1. The van der Waals surface area contributed by atoms with Crippen LogP contribution in [0, 0.1) is 6.92 Å². The molecule has 0 amide bonds. The Bertz CT molecular complexity index is 2010. The van der Waals surface area contributed by atoms with Crippen molar-refractivity contribution in [1.29, 1.82) is 0 Å². The van der Waals surface area contributed by atoms with Crippen molar-refractivity contribution in [3.63, 3.8) is 0 Å². The van der Waals surface area contributed by atoms with Crippen LogP contribution in [0.1, 0.15) is 82.1 Å². The van der Waals surface area contributed by atoms with Gasteiger partial charge in [-0.2, -0.15) is 4.40 Å². The van der Waals surface area contributed by atoms with E-state index in [2.05, 4.69) is 146 Å². The molecule has 0 aliphatic carbocycles. The van der Waals surface area contributed by atoms with E-state index < -0.39 is 0 Å². The number of hydrogen-bond acceptors (Lipinski definition) is 0. The summed E-state index contributed by atoms with van der Waals surface area (Å²) in [5.41, 5.74) is 12.3. The van der Waals surface area contributed by atoms with E-state index in [-0.39, 0.29) is 11.0 Å². The van der Waals surface area contributed by atoms with E-state index >= 15 is 0 Å². The summed E-state index contributed by atoms with van der Waals surface area (Å²) in [5.74, 6) is 0. The first-order chi connectivity index (χ1) is 21.4. The fourth-order valence-electron chi connectivity index (χ4n) is 8.84. The van der Waals surface area contributed by atoms with Crippen molar-refractivity contribution in [2.75, 3.05) is 0 Å². The van der Waals surface area contributed by atoms with Crippen molar-refractivity contribution < 1.29 is 9.13 Å². The van der Waals surface area contributed by atoms with Gasteiger partial charge in [0.1, 0.15) is 12.6 Å². The average molecular weight is 582 g/mol. The monoisotopic (exact) mass is 581 g/mol. The normalized spacial score (nSPS) is 19.5. The third-order valence-electron chi connectivity index (χ3n) is 11.3. The van der Waals surface area contributed by atoms with Gasteiger partial charge in [0.05, 0.1) is 11.6 Å². The lowest BCUT2D eigenvalue weighted by molar-refractivity contribution is -0.729. The topological polar surface area (TPSA) is 12.2 Å². The Morgan fingerprint density at radius 2 is 1.68 bits per heavy atom. The Labute approximate surface area is 262 Å². The van der Waals surface area contributed by atoms with Gasteiger partial charge in [0.2, 0.25) is 5.69 Å². The van der Waals surface area contributed by atoms with E-state index in [1.807, 2.05) is 0 Å². The van der Waals surface area contributed by atoms with Crippen LogP contribution < -0.4 is 9.13 Å². The first-order valence-corrected chi connectivity index (χ1v) is 16.8. The number of benzene rings is 3. The summed E-state index contributed by atoms with van der Waals surface area (Å²) in [5, 5.41) is 2.79. The van der Waals surface area contributed by atoms with Gasteiger partial charge in [0, 0.05) is 22.6 Å². The second kappa shape index (κ2) is 10.9. The molecule has 1 aliphatic rings. The highest BCUT2D eigenvalue weighted by molar-refractivity contribution is 5.99. The van der Waals surface area contributed by atoms with Gasteiger partial charge < -0.3 is 0 Å². The molecule has 0 spiro atoms. The Kier molecular flexibility index (Phi) is 7.11. The number of rotatable bonds is 9. The van der Waals surface area contributed by atoms with E-state index in [4.69, 9.17) is 0 Å². The van der Waals surface area contributed by atoms with Gasteiger partial charge in [-0.25, -0.2) is 9.13 Å². The Morgan fingerprint density at radius 3 is 2.45 bits per heavy atom. The van der Waals surface area contributed by atoms with Gasteiger partial charge in [-0.05, 0) is 105 Å². The Hall–Kier alpha value is -3.98. The molecule has 4 heterocycles. The number of nitrogens with zero attached hydrogens (tertiary/aromatic N) is 3. The van der Waals surface area contributed by atoms with Gasteiger partial charge in [0.25, 0.3) is 5.65 Å². The zero-order valence-corrected chi connectivity index (χ0v) is 27.5. The second-order valence-corrected chi connectivity index (χ2v) is 13.4. The van der Waals surface area contributed by atoms with Gasteiger partial charge in [-0.1, -0.05) is 69.7 Å². The third kappa shape index (κ3) is 4.01.